The fourth-order valence-corrected chi connectivity index (χ4v) is 3.12. The molecule has 0 bridgehead atoms. The molecule has 0 radical (unpaired) electrons. The predicted octanol–water partition coefficient (Wildman–Crippen LogP) is 2.61. The SMILES string of the molecule is BC1(C)CCC(NC2CCC(F)CC2)CC1. The smallest absolute Gasteiger partial charge is 0.109 e. The van der Waals surface area contributed by atoms with Crippen LogP contribution in [0.1, 0.15) is 58.3 Å². The zero-order valence-electron chi connectivity index (χ0n) is 10.8. The van der Waals surface area contributed by atoms with Gasteiger partial charge in [-0.3, -0.25) is 0 Å². The molecule has 0 heterocycles. The lowest BCUT2D eigenvalue weighted by Crippen LogP contribution is -2.43. The average molecular weight is 225 g/mol. The van der Waals surface area contributed by atoms with Gasteiger partial charge in [0.2, 0.25) is 0 Å². The maximum atomic E-state index is 13.0. The summed E-state index contributed by atoms with van der Waals surface area (Å²) in [6, 6.07) is 1.30. The van der Waals surface area contributed by atoms with E-state index in [1.165, 1.54) is 25.7 Å². The molecule has 1 nitrogen and oxygen atoms in total. The second-order valence-electron chi connectivity index (χ2n) is 6.55. The molecular formula is C13H25BFN. The summed E-state index contributed by atoms with van der Waals surface area (Å²) in [6.07, 6.45) is 8.40. The summed E-state index contributed by atoms with van der Waals surface area (Å²) in [6.45, 7) is 2.37. The Morgan fingerprint density at radius 3 is 2.06 bits per heavy atom. The molecule has 92 valence electrons. The van der Waals surface area contributed by atoms with Crippen LogP contribution in [0.5, 0.6) is 0 Å². The number of hydrogen-bond donors (Lipinski definition) is 1. The zero-order chi connectivity index (χ0) is 11.6. The van der Waals surface area contributed by atoms with E-state index in [2.05, 4.69) is 20.1 Å². The maximum absolute atomic E-state index is 13.0. The van der Waals surface area contributed by atoms with Crippen LogP contribution in [-0.2, 0) is 0 Å². The summed E-state index contributed by atoms with van der Waals surface area (Å²) >= 11 is 0. The lowest BCUT2D eigenvalue weighted by Gasteiger charge is -2.37. The molecule has 0 spiro atoms. The Balaban J connectivity index is 1.71. The van der Waals surface area contributed by atoms with E-state index in [-0.39, 0.29) is 0 Å². The number of nitrogens with one attached hydrogen (secondary N) is 1. The van der Waals surface area contributed by atoms with Crippen molar-refractivity contribution in [1.29, 1.82) is 0 Å². The van der Waals surface area contributed by atoms with Crippen molar-refractivity contribution in [3.63, 3.8) is 0 Å². The van der Waals surface area contributed by atoms with Crippen molar-refractivity contribution in [1.82, 2.24) is 5.32 Å². The van der Waals surface area contributed by atoms with Crippen molar-refractivity contribution in [2.24, 2.45) is 0 Å². The quantitative estimate of drug-likeness (QED) is 0.712. The molecule has 0 aromatic rings. The summed E-state index contributed by atoms with van der Waals surface area (Å²) in [7, 11) is 2.37. The average Bonchev–Trinajstić information content (AvgIpc) is 2.24. The summed E-state index contributed by atoms with van der Waals surface area (Å²) in [5, 5.41) is 4.30. The van der Waals surface area contributed by atoms with E-state index in [1.807, 2.05) is 0 Å². The predicted molar refractivity (Wildman–Crippen MR) is 69.5 cm³/mol. The van der Waals surface area contributed by atoms with Crippen LogP contribution in [0.15, 0.2) is 0 Å². The van der Waals surface area contributed by atoms with Crippen LogP contribution >= 0.6 is 0 Å². The van der Waals surface area contributed by atoms with Gasteiger partial charge in [0, 0.05) is 12.1 Å². The largest absolute Gasteiger partial charge is 0.311 e. The van der Waals surface area contributed by atoms with Gasteiger partial charge < -0.3 is 5.32 Å². The van der Waals surface area contributed by atoms with Crippen molar-refractivity contribution >= 4 is 7.85 Å². The molecule has 2 aliphatic rings. The first kappa shape index (κ1) is 12.4. The van der Waals surface area contributed by atoms with Gasteiger partial charge in [-0.25, -0.2) is 4.39 Å². The first-order valence-corrected chi connectivity index (χ1v) is 6.95. The van der Waals surface area contributed by atoms with Crippen LogP contribution in [0.3, 0.4) is 0 Å². The molecule has 1 N–H and O–H groups in total. The van der Waals surface area contributed by atoms with Crippen LogP contribution in [0.2, 0.25) is 5.31 Å². The topological polar surface area (TPSA) is 12.0 Å². The third-order valence-electron chi connectivity index (χ3n) is 4.47. The van der Waals surface area contributed by atoms with Gasteiger partial charge in [0.1, 0.15) is 14.0 Å². The molecule has 0 aromatic heterocycles. The molecule has 3 heteroatoms. The van der Waals surface area contributed by atoms with Crippen LogP contribution in [0.25, 0.3) is 0 Å². The number of halogens is 1. The Kier molecular flexibility index (Phi) is 3.94. The summed E-state index contributed by atoms with van der Waals surface area (Å²) < 4.78 is 13.0. The summed E-state index contributed by atoms with van der Waals surface area (Å²) in [4.78, 5) is 0. The Hall–Kier alpha value is -0.0451. The van der Waals surface area contributed by atoms with Crippen LogP contribution in [0, 0.1) is 0 Å². The van der Waals surface area contributed by atoms with Gasteiger partial charge in [-0.05, 0) is 38.5 Å². The van der Waals surface area contributed by atoms with E-state index in [1.54, 1.807) is 0 Å². The Bertz CT molecular complexity index is 214. The third kappa shape index (κ3) is 3.48. The third-order valence-corrected chi connectivity index (χ3v) is 4.47. The maximum Gasteiger partial charge on any atom is 0.109 e. The van der Waals surface area contributed by atoms with E-state index >= 15 is 0 Å². The lowest BCUT2D eigenvalue weighted by atomic mass is 9.61. The highest BCUT2D eigenvalue weighted by Crippen LogP contribution is 2.39. The Labute approximate surface area is 100.0 Å². The minimum atomic E-state index is -0.525. The second-order valence-corrected chi connectivity index (χ2v) is 6.55. The lowest BCUT2D eigenvalue weighted by molar-refractivity contribution is 0.199. The Morgan fingerprint density at radius 2 is 1.50 bits per heavy atom. The monoisotopic (exact) mass is 225 g/mol. The highest BCUT2D eigenvalue weighted by molar-refractivity contribution is 6.14. The fraction of sp³-hybridized carbons (Fsp3) is 1.00. The number of alkyl halides is 1. The van der Waals surface area contributed by atoms with Gasteiger partial charge in [0.25, 0.3) is 0 Å². The van der Waals surface area contributed by atoms with E-state index in [4.69, 9.17) is 0 Å². The van der Waals surface area contributed by atoms with Gasteiger partial charge in [-0.15, -0.1) is 0 Å². The number of rotatable bonds is 2. The standard InChI is InChI=1S/C13H25BFN/c1-13(14)8-6-12(7-9-13)16-11-4-2-10(15)3-5-11/h10-12,16H,2-9,14H2,1H3. The van der Waals surface area contributed by atoms with E-state index in [0.29, 0.717) is 17.4 Å². The van der Waals surface area contributed by atoms with Crippen LogP contribution in [0.4, 0.5) is 4.39 Å². The molecular weight excluding hydrogens is 200 g/mol. The Morgan fingerprint density at radius 1 is 1.00 bits per heavy atom. The molecule has 2 aliphatic carbocycles. The second kappa shape index (κ2) is 5.08. The molecule has 0 aliphatic heterocycles. The van der Waals surface area contributed by atoms with Crippen molar-refractivity contribution < 1.29 is 4.39 Å². The van der Waals surface area contributed by atoms with Gasteiger partial charge in [0.15, 0.2) is 0 Å². The molecule has 2 rings (SSSR count). The first-order chi connectivity index (χ1) is 7.55. The minimum Gasteiger partial charge on any atom is -0.311 e. The van der Waals surface area contributed by atoms with Crippen molar-refractivity contribution in [2.45, 2.75) is 81.9 Å². The molecule has 0 unspecified atom stereocenters. The van der Waals surface area contributed by atoms with E-state index in [9.17, 15) is 4.39 Å². The van der Waals surface area contributed by atoms with Gasteiger partial charge in [-0.1, -0.05) is 25.1 Å². The van der Waals surface area contributed by atoms with Crippen molar-refractivity contribution in [3.05, 3.63) is 0 Å². The fourth-order valence-electron chi connectivity index (χ4n) is 3.12. The molecule has 0 amide bonds. The number of hydrogen-bond acceptors (Lipinski definition) is 1. The van der Waals surface area contributed by atoms with E-state index < -0.39 is 6.17 Å². The highest BCUT2D eigenvalue weighted by Gasteiger charge is 2.29. The van der Waals surface area contributed by atoms with Gasteiger partial charge >= 0.3 is 0 Å². The minimum absolute atomic E-state index is 0.525. The molecule has 16 heavy (non-hydrogen) atoms. The molecule has 2 fully saturated rings. The highest BCUT2D eigenvalue weighted by atomic mass is 19.1. The van der Waals surface area contributed by atoms with Crippen molar-refractivity contribution in [2.75, 3.05) is 0 Å². The summed E-state index contributed by atoms with van der Waals surface area (Å²) in [5.41, 5.74) is 0. The normalized spacial score (nSPS) is 45.5. The molecule has 0 saturated heterocycles. The van der Waals surface area contributed by atoms with Gasteiger partial charge in [0.05, 0.1) is 0 Å². The molecule has 0 atom stereocenters. The van der Waals surface area contributed by atoms with Crippen LogP contribution in [-0.4, -0.2) is 26.1 Å². The molecule has 0 aromatic carbocycles. The zero-order valence-corrected chi connectivity index (χ0v) is 10.8. The van der Waals surface area contributed by atoms with Crippen LogP contribution < -0.4 is 5.32 Å². The van der Waals surface area contributed by atoms with E-state index in [0.717, 1.165) is 25.7 Å². The van der Waals surface area contributed by atoms with Crippen molar-refractivity contribution in [3.8, 4) is 0 Å². The first-order valence-electron chi connectivity index (χ1n) is 6.95. The summed E-state index contributed by atoms with van der Waals surface area (Å²) in [5.74, 6) is 0. The molecule has 2 saturated carbocycles. The van der Waals surface area contributed by atoms with Gasteiger partial charge in [-0.2, -0.15) is 0 Å².